The van der Waals surface area contributed by atoms with E-state index in [9.17, 15) is 31.5 Å². The number of aldehydes is 1. The van der Waals surface area contributed by atoms with Crippen LogP contribution in [0.2, 0.25) is 0 Å². The minimum Gasteiger partial charge on any atom is -0.481 e. The zero-order chi connectivity index (χ0) is 26.0. The quantitative estimate of drug-likeness (QED) is 0.277. The number of ether oxygens (including phenoxy) is 1. The molecular formula is C21H20ClN3O8S2. The first kappa shape index (κ1) is 26.5. The Labute approximate surface area is 205 Å². The SMILES string of the molecule is CCOC1(C=O)c2cccc(NS(C)(=O)=O)c2C(N=Nc2cccc(S(=O)(=O)Cl)c2)=CC1C(=O)O. The Morgan fingerprint density at radius 3 is 2.46 bits per heavy atom. The van der Waals surface area contributed by atoms with Gasteiger partial charge in [-0.15, -0.1) is 0 Å². The standard InChI is InChI=1S/C21H20ClN3O8S2/c1-3-33-21(12-26)15-8-5-9-17(25-34(2,29)30)19(15)18(11-16(21)20(27)28)24-23-13-6-4-7-14(10-13)35(22,31)32/h4-12,16,25H,3H2,1-2H3,(H,27,28). The van der Waals surface area contributed by atoms with Gasteiger partial charge in [-0.05, 0) is 37.3 Å². The summed E-state index contributed by atoms with van der Waals surface area (Å²) < 4.78 is 55.2. The van der Waals surface area contributed by atoms with Crippen LogP contribution in [0.4, 0.5) is 11.4 Å². The van der Waals surface area contributed by atoms with Gasteiger partial charge in [0.2, 0.25) is 10.0 Å². The summed E-state index contributed by atoms with van der Waals surface area (Å²) in [7, 11) is -2.46. The molecule has 0 heterocycles. The molecule has 0 saturated heterocycles. The summed E-state index contributed by atoms with van der Waals surface area (Å²) in [4.78, 5) is 24.2. The molecule has 0 radical (unpaired) electrons. The van der Waals surface area contributed by atoms with Crippen LogP contribution in [0.3, 0.4) is 0 Å². The molecule has 1 aliphatic carbocycles. The van der Waals surface area contributed by atoms with Gasteiger partial charge in [-0.3, -0.25) is 14.3 Å². The maximum Gasteiger partial charge on any atom is 0.314 e. The molecule has 186 valence electrons. The maximum absolute atomic E-state index is 12.3. The van der Waals surface area contributed by atoms with Crippen molar-refractivity contribution >= 4 is 59.1 Å². The van der Waals surface area contributed by atoms with Crippen molar-refractivity contribution in [2.45, 2.75) is 17.4 Å². The number of nitrogens with one attached hydrogen (secondary N) is 1. The minimum absolute atomic E-state index is 0.0158. The fourth-order valence-corrected chi connectivity index (χ4v) is 5.06. The molecule has 0 saturated carbocycles. The predicted molar refractivity (Wildman–Crippen MR) is 127 cm³/mol. The van der Waals surface area contributed by atoms with Crippen molar-refractivity contribution in [3.8, 4) is 0 Å². The number of halogens is 1. The van der Waals surface area contributed by atoms with E-state index in [0.29, 0.717) is 6.29 Å². The minimum atomic E-state index is -4.04. The normalized spacial score (nSPS) is 20.2. The summed E-state index contributed by atoms with van der Waals surface area (Å²) >= 11 is 0. The molecule has 0 fully saturated rings. The van der Waals surface area contributed by atoms with Crippen LogP contribution in [0.1, 0.15) is 18.1 Å². The van der Waals surface area contributed by atoms with E-state index in [1.807, 2.05) is 0 Å². The van der Waals surface area contributed by atoms with Gasteiger partial charge in [0.05, 0.1) is 28.2 Å². The van der Waals surface area contributed by atoms with Crippen LogP contribution in [0.25, 0.3) is 5.70 Å². The third-order valence-electron chi connectivity index (χ3n) is 5.02. The van der Waals surface area contributed by atoms with Gasteiger partial charge in [-0.2, -0.15) is 10.2 Å². The van der Waals surface area contributed by atoms with Crippen molar-refractivity contribution in [2.24, 2.45) is 16.1 Å². The highest BCUT2D eigenvalue weighted by Crippen LogP contribution is 2.46. The fourth-order valence-electron chi connectivity index (χ4n) is 3.70. The average Bonchev–Trinajstić information content (AvgIpc) is 2.77. The Kier molecular flexibility index (Phi) is 7.45. The summed E-state index contributed by atoms with van der Waals surface area (Å²) in [5.41, 5.74) is -1.79. The Hall–Kier alpha value is -3.13. The summed E-state index contributed by atoms with van der Waals surface area (Å²) in [5, 5.41) is 18.0. The summed E-state index contributed by atoms with van der Waals surface area (Å²) in [6.07, 6.45) is 2.42. The van der Waals surface area contributed by atoms with Crippen LogP contribution in [0, 0.1) is 5.92 Å². The van der Waals surface area contributed by atoms with Crippen molar-refractivity contribution in [1.82, 2.24) is 0 Å². The second-order valence-electron chi connectivity index (χ2n) is 7.45. The highest BCUT2D eigenvalue weighted by Gasteiger charge is 2.50. The molecule has 2 N–H and O–H groups in total. The number of nitrogens with zero attached hydrogens (tertiary/aromatic N) is 2. The van der Waals surface area contributed by atoms with Crippen LogP contribution in [0.5, 0.6) is 0 Å². The number of azo groups is 1. The third-order valence-corrected chi connectivity index (χ3v) is 6.96. The number of rotatable bonds is 9. The largest absolute Gasteiger partial charge is 0.481 e. The van der Waals surface area contributed by atoms with Crippen molar-refractivity contribution in [1.29, 1.82) is 0 Å². The van der Waals surface area contributed by atoms with E-state index < -0.39 is 36.6 Å². The van der Waals surface area contributed by atoms with Crippen LogP contribution in [-0.2, 0) is 39.0 Å². The first-order valence-electron chi connectivity index (χ1n) is 9.95. The molecule has 11 nitrogen and oxygen atoms in total. The number of sulfonamides is 1. The monoisotopic (exact) mass is 541 g/mol. The Balaban J connectivity index is 2.27. The zero-order valence-electron chi connectivity index (χ0n) is 18.4. The van der Waals surface area contributed by atoms with Gasteiger partial charge >= 0.3 is 5.97 Å². The van der Waals surface area contributed by atoms with E-state index in [4.69, 9.17) is 15.4 Å². The molecule has 3 rings (SSSR count). The van der Waals surface area contributed by atoms with E-state index in [2.05, 4.69) is 15.0 Å². The number of carboxylic acid groups (broad SMARTS) is 1. The van der Waals surface area contributed by atoms with Crippen LogP contribution in [0.15, 0.2) is 63.7 Å². The lowest BCUT2D eigenvalue weighted by Gasteiger charge is -2.37. The summed E-state index contributed by atoms with van der Waals surface area (Å²) in [6, 6.07) is 9.52. The number of aliphatic carboxylic acids is 1. The third kappa shape index (κ3) is 5.59. The molecule has 2 aromatic carbocycles. The molecule has 35 heavy (non-hydrogen) atoms. The van der Waals surface area contributed by atoms with E-state index >= 15 is 0 Å². The molecule has 0 aliphatic heterocycles. The number of carboxylic acids is 1. The summed E-state index contributed by atoms with van der Waals surface area (Å²) in [6.45, 7) is 1.56. The Bertz CT molecular complexity index is 1450. The van der Waals surface area contributed by atoms with E-state index in [1.54, 1.807) is 6.92 Å². The number of hydrogen-bond acceptors (Lipinski definition) is 9. The molecule has 0 bridgehead atoms. The lowest BCUT2D eigenvalue weighted by Crippen LogP contribution is -2.45. The average molecular weight is 542 g/mol. The first-order chi connectivity index (χ1) is 16.3. The highest BCUT2D eigenvalue weighted by atomic mass is 35.7. The molecule has 2 unspecified atom stereocenters. The molecule has 2 aromatic rings. The smallest absolute Gasteiger partial charge is 0.314 e. The topological polar surface area (TPSA) is 169 Å². The number of fused-ring (bicyclic) bond motifs is 1. The first-order valence-corrected chi connectivity index (χ1v) is 14.2. The fraction of sp³-hybridized carbons (Fsp3) is 0.238. The number of anilines is 1. The number of benzene rings is 2. The maximum atomic E-state index is 12.3. The van der Waals surface area contributed by atoms with Gasteiger partial charge in [0.1, 0.15) is 5.92 Å². The second kappa shape index (κ2) is 9.85. The Morgan fingerprint density at radius 1 is 1.20 bits per heavy atom. The van der Waals surface area contributed by atoms with Crippen molar-refractivity contribution < 1.29 is 36.3 Å². The number of carbonyl (C=O) groups excluding carboxylic acids is 1. The second-order valence-corrected chi connectivity index (χ2v) is 11.8. The van der Waals surface area contributed by atoms with E-state index in [0.717, 1.165) is 18.4 Å². The van der Waals surface area contributed by atoms with Crippen LogP contribution in [-0.4, -0.2) is 47.1 Å². The van der Waals surface area contributed by atoms with Gasteiger partial charge in [0.25, 0.3) is 9.05 Å². The van der Waals surface area contributed by atoms with E-state index in [-0.39, 0.29) is 39.7 Å². The number of hydrogen-bond donors (Lipinski definition) is 2. The molecule has 1 aliphatic rings. The zero-order valence-corrected chi connectivity index (χ0v) is 20.8. The van der Waals surface area contributed by atoms with Gasteiger partial charge in [0, 0.05) is 28.4 Å². The van der Waals surface area contributed by atoms with Gasteiger partial charge in [-0.25, -0.2) is 16.8 Å². The molecule has 2 atom stereocenters. The molecule has 0 aromatic heterocycles. The molecular weight excluding hydrogens is 522 g/mol. The van der Waals surface area contributed by atoms with Crippen LogP contribution >= 0.6 is 10.7 Å². The number of carbonyl (C=O) groups is 2. The molecule has 0 amide bonds. The van der Waals surface area contributed by atoms with Gasteiger partial charge < -0.3 is 9.84 Å². The van der Waals surface area contributed by atoms with E-state index in [1.165, 1.54) is 36.4 Å². The molecule has 0 spiro atoms. The van der Waals surface area contributed by atoms with Gasteiger partial charge in [-0.1, -0.05) is 18.2 Å². The van der Waals surface area contributed by atoms with Crippen LogP contribution < -0.4 is 4.72 Å². The Morgan fingerprint density at radius 2 is 1.89 bits per heavy atom. The van der Waals surface area contributed by atoms with Crippen molar-refractivity contribution in [3.05, 3.63) is 59.7 Å². The predicted octanol–water partition coefficient (Wildman–Crippen LogP) is 3.26. The lowest BCUT2D eigenvalue weighted by atomic mass is 9.74. The van der Waals surface area contributed by atoms with Crippen molar-refractivity contribution in [3.63, 3.8) is 0 Å². The summed E-state index contributed by atoms with van der Waals surface area (Å²) in [5.74, 6) is -2.91. The lowest BCUT2D eigenvalue weighted by molar-refractivity contribution is -0.159. The molecule has 14 heteroatoms. The van der Waals surface area contributed by atoms with Gasteiger partial charge in [0.15, 0.2) is 11.9 Å². The highest BCUT2D eigenvalue weighted by molar-refractivity contribution is 8.13. The van der Waals surface area contributed by atoms with Crippen molar-refractivity contribution in [2.75, 3.05) is 17.6 Å².